The largest absolute Gasteiger partial charge is 0.493 e. The van der Waals surface area contributed by atoms with Crippen molar-refractivity contribution in [3.63, 3.8) is 0 Å². The molecule has 3 N–H and O–H groups in total. The van der Waals surface area contributed by atoms with E-state index in [0.29, 0.717) is 28.7 Å². The van der Waals surface area contributed by atoms with Crippen molar-refractivity contribution in [1.82, 2.24) is 0 Å². The van der Waals surface area contributed by atoms with Gasteiger partial charge < -0.3 is 20.5 Å². The average molecular weight is 443 g/mol. The number of unbranched alkanes of at least 4 members (excludes halogenated alkanes) is 2. The normalized spacial score (nSPS) is 13.1. The number of aryl methyl sites for hydroxylation is 1. The molecule has 0 spiro atoms. The lowest BCUT2D eigenvalue weighted by Crippen LogP contribution is -2.17. The summed E-state index contributed by atoms with van der Waals surface area (Å²) < 4.78 is 11.2. The summed E-state index contributed by atoms with van der Waals surface area (Å²) in [6.07, 6.45) is 10.3. The monoisotopic (exact) mass is 442 g/mol. The molecule has 1 aliphatic rings. The topological polar surface area (TPSA) is 90.6 Å². The van der Waals surface area contributed by atoms with Gasteiger partial charge in [0.15, 0.2) is 11.5 Å². The number of nitrogens with two attached hydrogens (primary N) is 1. The molecule has 0 atom stereocenters. The van der Waals surface area contributed by atoms with Gasteiger partial charge in [0.25, 0.3) is 5.91 Å². The molecular weight excluding hydrogens is 412 g/mol. The maximum absolute atomic E-state index is 12.5. The van der Waals surface area contributed by atoms with E-state index < -0.39 is 5.91 Å². The number of nitrogens with one attached hydrogen (secondary N) is 1. The first-order valence-corrected chi connectivity index (χ1v) is 11.6. The van der Waals surface area contributed by atoms with E-state index in [9.17, 15) is 9.59 Å². The second kappa shape index (κ2) is 11.0. The van der Waals surface area contributed by atoms with Gasteiger partial charge in [-0.2, -0.15) is 0 Å². The third-order valence-corrected chi connectivity index (χ3v) is 6.48. The van der Waals surface area contributed by atoms with Gasteiger partial charge in [-0.25, -0.2) is 0 Å². The molecule has 1 aromatic carbocycles. The van der Waals surface area contributed by atoms with E-state index in [0.717, 1.165) is 60.9 Å². The predicted octanol–water partition coefficient (Wildman–Crippen LogP) is 4.96. The number of carbonyl (C=O) groups excluding carboxylic acids is 2. The molecule has 7 heteroatoms. The Hall–Kier alpha value is -2.80. The van der Waals surface area contributed by atoms with Gasteiger partial charge in [0, 0.05) is 11.0 Å². The van der Waals surface area contributed by atoms with Gasteiger partial charge in [-0.3, -0.25) is 9.59 Å². The zero-order chi connectivity index (χ0) is 22.2. The van der Waals surface area contributed by atoms with E-state index in [2.05, 4.69) is 12.2 Å². The standard InChI is InChI=1S/C24H30N2O4S/c1-3-4-7-14-30-18-12-10-16(15-19(18)29-2)11-13-21(27)26-24-22(23(25)28)17-8-5-6-9-20(17)31-24/h10-13,15H,3-9,14H2,1-2H3,(H2,25,28)(H,26,27). The van der Waals surface area contributed by atoms with Crippen molar-refractivity contribution in [1.29, 1.82) is 0 Å². The molecule has 3 rings (SSSR count). The molecule has 1 heterocycles. The third-order valence-electron chi connectivity index (χ3n) is 5.27. The molecule has 0 aliphatic heterocycles. The molecule has 31 heavy (non-hydrogen) atoms. The van der Waals surface area contributed by atoms with Crippen LogP contribution in [0.3, 0.4) is 0 Å². The molecule has 166 valence electrons. The lowest BCUT2D eigenvalue weighted by molar-refractivity contribution is -0.111. The molecule has 0 radical (unpaired) electrons. The van der Waals surface area contributed by atoms with Crippen LogP contribution < -0.4 is 20.5 Å². The van der Waals surface area contributed by atoms with Crippen LogP contribution in [0.5, 0.6) is 11.5 Å². The van der Waals surface area contributed by atoms with Crippen LogP contribution in [0.25, 0.3) is 6.08 Å². The SMILES string of the molecule is CCCCCOc1ccc(C=CC(=O)Nc2sc3c(c2C(N)=O)CCCC3)cc1OC. The number of benzene rings is 1. The summed E-state index contributed by atoms with van der Waals surface area (Å²) >= 11 is 1.46. The number of hydrogen-bond donors (Lipinski definition) is 2. The highest BCUT2D eigenvalue weighted by Gasteiger charge is 2.24. The van der Waals surface area contributed by atoms with Gasteiger partial charge in [0.1, 0.15) is 5.00 Å². The van der Waals surface area contributed by atoms with Crippen LogP contribution in [-0.2, 0) is 17.6 Å². The maximum atomic E-state index is 12.5. The molecular formula is C24H30N2O4S. The number of fused-ring (bicyclic) bond motifs is 1. The summed E-state index contributed by atoms with van der Waals surface area (Å²) in [5.74, 6) is 0.523. The Morgan fingerprint density at radius 2 is 2.00 bits per heavy atom. The summed E-state index contributed by atoms with van der Waals surface area (Å²) in [5, 5.41) is 3.38. The Kier molecular flexibility index (Phi) is 8.12. The Bertz CT molecular complexity index is 965. The smallest absolute Gasteiger partial charge is 0.251 e. The summed E-state index contributed by atoms with van der Waals surface area (Å²) in [6.45, 7) is 2.80. The Morgan fingerprint density at radius 3 is 2.74 bits per heavy atom. The van der Waals surface area contributed by atoms with Crippen LogP contribution in [0.4, 0.5) is 5.00 Å². The van der Waals surface area contributed by atoms with Crippen molar-refractivity contribution in [2.45, 2.75) is 51.9 Å². The van der Waals surface area contributed by atoms with Crippen molar-refractivity contribution >= 4 is 34.2 Å². The summed E-state index contributed by atoms with van der Waals surface area (Å²) in [7, 11) is 1.60. The predicted molar refractivity (Wildman–Crippen MR) is 125 cm³/mol. The number of anilines is 1. The lowest BCUT2D eigenvalue weighted by Gasteiger charge is -2.11. The highest BCUT2D eigenvalue weighted by atomic mass is 32.1. The van der Waals surface area contributed by atoms with Crippen molar-refractivity contribution < 1.29 is 19.1 Å². The van der Waals surface area contributed by atoms with Gasteiger partial charge in [-0.1, -0.05) is 25.8 Å². The molecule has 1 aromatic heterocycles. The molecule has 6 nitrogen and oxygen atoms in total. The third kappa shape index (κ3) is 5.88. The van der Waals surface area contributed by atoms with Crippen LogP contribution in [-0.4, -0.2) is 25.5 Å². The first kappa shape index (κ1) is 22.9. The molecule has 0 saturated heterocycles. The van der Waals surface area contributed by atoms with Crippen LogP contribution >= 0.6 is 11.3 Å². The minimum absolute atomic E-state index is 0.306. The van der Waals surface area contributed by atoms with Crippen molar-refractivity contribution in [2.75, 3.05) is 19.0 Å². The summed E-state index contributed by atoms with van der Waals surface area (Å²) in [4.78, 5) is 25.6. The van der Waals surface area contributed by atoms with Crippen molar-refractivity contribution in [2.24, 2.45) is 5.73 Å². The first-order chi connectivity index (χ1) is 15.0. The highest BCUT2D eigenvalue weighted by molar-refractivity contribution is 7.17. The Balaban J connectivity index is 1.67. The number of ether oxygens (including phenoxy) is 2. The fourth-order valence-corrected chi connectivity index (χ4v) is 4.98. The quantitative estimate of drug-likeness (QED) is 0.402. The Morgan fingerprint density at radius 1 is 1.19 bits per heavy atom. The molecule has 0 bridgehead atoms. The second-order valence-electron chi connectivity index (χ2n) is 7.57. The molecule has 0 saturated carbocycles. The molecule has 0 unspecified atom stereocenters. The number of rotatable bonds is 10. The van der Waals surface area contributed by atoms with Crippen LogP contribution in [0.1, 0.15) is 65.4 Å². The molecule has 1 aliphatic carbocycles. The number of methoxy groups -OCH3 is 1. The number of primary amides is 1. The molecule has 2 aromatic rings. The summed E-state index contributed by atoms with van der Waals surface area (Å²) in [6, 6.07) is 5.55. The van der Waals surface area contributed by atoms with Gasteiger partial charge in [-0.05, 0) is 61.4 Å². The number of carbonyl (C=O) groups is 2. The first-order valence-electron chi connectivity index (χ1n) is 10.8. The second-order valence-corrected chi connectivity index (χ2v) is 8.67. The van der Waals surface area contributed by atoms with E-state index in [-0.39, 0.29) is 5.91 Å². The van der Waals surface area contributed by atoms with E-state index in [1.54, 1.807) is 13.2 Å². The van der Waals surface area contributed by atoms with E-state index in [1.807, 2.05) is 18.2 Å². The van der Waals surface area contributed by atoms with E-state index >= 15 is 0 Å². The number of amides is 2. The van der Waals surface area contributed by atoms with Gasteiger partial charge in [-0.15, -0.1) is 11.3 Å². The molecule has 0 fully saturated rings. The van der Waals surface area contributed by atoms with Crippen LogP contribution in [0.15, 0.2) is 24.3 Å². The average Bonchev–Trinajstić information content (AvgIpc) is 3.13. The Labute approximate surface area is 187 Å². The fraction of sp³-hybridized carbons (Fsp3) is 0.417. The van der Waals surface area contributed by atoms with E-state index in [4.69, 9.17) is 15.2 Å². The van der Waals surface area contributed by atoms with Crippen LogP contribution in [0.2, 0.25) is 0 Å². The minimum atomic E-state index is -0.488. The van der Waals surface area contributed by atoms with Crippen molar-refractivity contribution in [3.05, 3.63) is 45.8 Å². The number of thiophene rings is 1. The lowest BCUT2D eigenvalue weighted by atomic mass is 9.95. The minimum Gasteiger partial charge on any atom is -0.493 e. The van der Waals surface area contributed by atoms with Crippen LogP contribution in [0, 0.1) is 0 Å². The van der Waals surface area contributed by atoms with Gasteiger partial charge in [0.05, 0.1) is 19.3 Å². The van der Waals surface area contributed by atoms with Gasteiger partial charge in [0.2, 0.25) is 5.91 Å². The van der Waals surface area contributed by atoms with E-state index in [1.165, 1.54) is 17.4 Å². The maximum Gasteiger partial charge on any atom is 0.251 e. The zero-order valence-electron chi connectivity index (χ0n) is 18.2. The number of hydrogen-bond acceptors (Lipinski definition) is 5. The fourth-order valence-electron chi connectivity index (χ4n) is 3.68. The zero-order valence-corrected chi connectivity index (χ0v) is 19.0. The van der Waals surface area contributed by atoms with Gasteiger partial charge >= 0.3 is 0 Å². The molecule has 2 amide bonds. The summed E-state index contributed by atoms with van der Waals surface area (Å²) in [5.41, 5.74) is 7.88. The van der Waals surface area contributed by atoms with Crippen molar-refractivity contribution in [3.8, 4) is 11.5 Å². The highest BCUT2D eigenvalue weighted by Crippen LogP contribution is 2.38.